The number of carbonyl (C=O) groups is 2. The molecule has 0 bridgehead atoms. The molecule has 1 aliphatic heterocycles. The first-order chi connectivity index (χ1) is 16.6. The largest absolute Gasteiger partial charge is 0.304 e. The Hall–Kier alpha value is -3.00. The predicted molar refractivity (Wildman–Crippen MR) is 137 cm³/mol. The minimum absolute atomic E-state index is 0.179. The van der Waals surface area contributed by atoms with Crippen LogP contribution in [0.25, 0.3) is 0 Å². The topological polar surface area (TPSA) is 73.5 Å². The van der Waals surface area contributed by atoms with Gasteiger partial charge < -0.3 is 10.2 Å². The molecule has 3 N–H and O–H groups in total. The van der Waals surface area contributed by atoms with Crippen LogP contribution in [0.3, 0.4) is 0 Å². The summed E-state index contributed by atoms with van der Waals surface area (Å²) in [6.45, 7) is 5.06. The van der Waals surface area contributed by atoms with Crippen molar-refractivity contribution < 1.29 is 9.59 Å². The van der Waals surface area contributed by atoms with E-state index >= 15 is 0 Å². The second-order valence-corrected chi connectivity index (χ2v) is 9.73. The second kappa shape index (κ2) is 11.9. The minimum Gasteiger partial charge on any atom is -0.304 e. The summed E-state index contributed by atoms with van der Waals surface area (Å²) >= 11 is 1.36. The lowest BCUT2D eigenvalue weighted by molar-refractivity contribution is -0.121. The van der Waals surface area contributed by atoms with Crippen molar-refractivity contribution in [3.05, 3.63) is 93.7 Å². The molecule has 1 unspecified atom stereocenters. The van der Waals surface area contributed by atoms with Crippen LogP contribution in [-0.2, 0) is 4.79 Å². The number of aryl methyl sites for hydroxylation is 1. The predicted octanol–water partition coefficient (Wildman–Crippen LogP) is 3.70. The summed E-state index contributed by atoms with van der Waals surface area (Å²) in [5, 5.41) is 5.24. The Bertz CT molecular complexity index is 1030. The van der Waals surface area contributed by atoms with E-state index in [1.54, 1.807) is 6.07 Å². The Labute approximate surface area is 205 Å². The standard InChI is InChI=1S/C27H32N4O2S/c1-20-16-25(34-19-20)27(33)30-29-26(32)17-28-23-12-14-31(18-23)15-13-24(21-8-4-2-5-9-21)22-10-6-3-7-11-22/h2-11,16,19,23-24,28H,12-15,17-18H2,1H3,(H,29,32)(H,30,33). The van der Waals surface area contributed by atoms with E-state index in [4.69, 9.17) is 0 Å². The molecule has 7 heteroatoms. The van der Waals surface area contributed by atoms with Crippen LogP contribution in [0, 0.1) is 6.92 Å². The molecule has 1 aromatic heterocycles. The molecule has 2 amide bonds. The number of benzene rings is 2. The van der Waals surface area contributed by atoms with Crippen molar-refractivity contribution in [1.82, 2.24) is 21.1 Å². The van der Waals surface area contributed by atoms with Gasteiger partial charge in [0.05, 0.1) is 11.4 Å². The molecular formula is C27H32N4O2S. The Balaban J connectivity index is 1.20. The number of rotatable bonds is 9. The summed E-state index contributed by atoms with van der Waals surface area (Å²) in [4.78, 5) is 27.3. The average molecular weight is 477 g/mol. The fourth-order valence-corrected chi connectivity index (χ4v) is 5.22. The zero-order valence-corrected chi connectivity index (χ0v) is 20.3. The highest BCUT2D eigenvalue weighted by atomic mass is 32.1. The van der Waals surface area contributed by atoms with Gasteiger partial charge in [-0.3, -0.25) is 20.4 Å². The molecule has 1 saturated heterocycles. The van der Waals surface area contributed by atoms with Crippen LogP contribution in [-0.4, -0.2) is 48.9 Å². The molecule has 0 saturated carbocycles. The lowest BCUT2D eigenvalue weighted by Crippen LogP contribution is -2.47. The number of thiophene rings is 1. The molecule has 178 valence electrons. The van der Waals surface area contributed by atoms with E-state index in [2.05, 4.69) is 81.7 Å². The average Bonchev–Trinajstić information content (AvgIpc) is 3.51. The molecule has 2 heterocycles. The van der Waals surface area contributed by atoms with Gasteiger partial charge in [-0.2, -0.15) is 0 Å². The molecule has 6 nitrogen and oxygen atoms in total. The van der Waals surface area contributed by atoms with Gasteiger partial charge in [-0.15, -0.1) is 11.3 Å². The first-order valence-electron chi connectivity index (χ1n) is 11.8. The third-order valence-electron chi connectivity index (χ3n) is 6.23. The van der Waals surface area contributed by atoms with Crippen LogP contribution >= 0.6 is 11.3 Å². The minimum atomic E-state index is -0.287. The van der Waals surface area contributed by atoms with E-state index in [0.29, 0.717) is 10.8 Å². The monoisotopic (exact) mass is 476 g/mol. The first-order valence-corrected chi connectivity index (χ1v) is 12.7. The fraction of sp³-hybridized carbons (Fsp3) is 0.333. The molecule has 3 aromatic rings. The molecule has 0 aliphatic carbocycles. The van der Waals surface area contributed by atoms with Gasteiger partial charge in [-0.1, -0.05) is 60.7 Å². The SMILES string of the molecule is Cc1csc(C(=O)NNC(=O)CNC2CCN(CCC(c3ccccc3)c3ccccc3)C2)c1. The van der Waals surface area contributed by atoms with Crippen LogP contribution < -0.4 is 16.2 Å². The lowest BCUT2D eigenvalue weighted by atomic mass is 9.88. The van der Waals surface area contributed by atoms with Gasteiger partial charge in [0.1, 0.15) is 0 Å². The summed E-state index contributed by atoms with van der Waals surface area (Å²) in [6.07, 6.45) is 2.06. The van der Waals surface area contributed by atoms with E-state index in [9.17, 15) is 9.59 Å². The summed E-state index contributed by atoms with van der Waals surface area (Å²) in [5.74, 6) is -0.158. The van der Waals surface area contributed by atoms with Crippen molar-refractivity contribution >= 4 is 23.2 Å². The maximum Gasteiger partial charge on any atom is 0.279 e. The van der Waals surface area contributed by atoms with E-state index in [1.165, 1.54) is 22.5 Å². The normalized spacial score (nSPS) is 16.0. The smallest absolute Gasteiger partial charge is 0.279 e. The van der Waals surface area contributed by atoms with Gasteiger partial charge in [-0.25, -0.2) is 0 Å². The Morgan fingerprint density at radius 3 is 2.32 bits per heavy atom. The number of likely N-dealkylation sites (tertiary alicyclic amines) is 1. The fourth-order valence-electron chi connectivity index (χ4n) is 4.43. The number of hydrazine groups is 1. The Morgan fingerprint density at radius 2 is 1.71 bits per heavy atom. The molecule has 0 spiro atoms. The van der Waals surface area contributed by atoms with Crippen molar-refractivity contribution in [2.75, 3.05) is 26.2 Å². The van der Waals surface area contributed by atoms with Gasteiger partial charge in [0.25, 0.3) is 11.8 Å². The van der Waals surface area contributed by atoms with E-state index in [-0.39, 0.29) is 24.4 Å². The Morgan fingerprint density at radius 1 is 1.03 bits per heavy atom. The van der Waals surface area contributed by atoms with Gasteiger partial charge in [0.15, 0.2) is 0 Å². The second-order valence-electron chi connectivity index (χ2n) is 8.82. The number of hydrogen-bond donors (Lipinski definition) is 3. The number of amides is 2. The summed E-state index contributed by atoms with van der Waals surface area (Å²) in [7, 11) is 0. The van der Waals surface area contributed by atoms with Gasteiger partial charge in [0, 0.05) is 18.5 Å². The lowest BCUT2D eigenvalue weighted by Gasteiger charge is -2.22. The molecule has 4 rings (SSSR count). The highest BCUT2D eigenvalue weighted by Gasteiger charge is 2.24. The van der Waals surface area contributed by atoms with Crippen molar-refractivity contribution in [2.24, 2.45) is 0 Å². The van der Waals surface area contributed by atoms with Crippen molar-refractivity contribution in [1.29, 1.82) is 0 Å². The zero-order chi connectivity index (χ0) is 23.8. The first kappa shape index (κ1) is 24.1. The third-order valence-corrected chi connectivity index (χ3v) is 7.28. The highest BCUT2D eigenvalue weighted by Crippen LogP contribution is 2.28. The van der Waals surface area contributed by atoms with E-state index in [1.807, 2.05) is 12.3 Å². The molecule has 1 atom stereocenters. The van der Waals surface area contributed by atoms with Crippen LogP contribution in [0.5, 0.6) is 0 Å². The summed E-state index contributed by atoms with van der Waals surface area (Å²) in [6, 6.07) is 23.5. The van der Waals surface area contributed by atoms with Gasteiger partial charge in [-0.05, 0) is 61.0 Å². The molecule has 1 fully saturated rings. The number of carbonyl (C=O) groups excluding carboxylic acids is 2. The number of nitrogens with zero attached hydrogens (tertiary/aromatic N) is 1. The van der Waals surface area contributed by atoms with Crippen molar-refractivity contribution in [3.63, 3.8) is 0 Å². The van der Waals surface area contributed by atoms with Crippen molar-refractivity contribution in [2.45, 2.75) is 31.7 Å². The summed E-state index contributed by atoms with van der Waals surface area (Å²) < 4.78 is 0. The van der Waals surface area contributed by atoms with Crippen LogP contribution in [0.15, 0.2) is 72.1 Å². The molecular weight excluding hydrogens is 444 g/mol. The maximum absolute atomic E-state index is 12.2. The zero-order valence-electron chi connectivity index (χ0n) is 19.5. The van der Waals surface area contributed by atoms with Gasteiger partial charge in [0.2, 0.25) is 0 Å². The highest BCUT2D eigenvalue weighted by molar-refractivity contribution is 7.12. The van der Waals surface area contributed by atoms with Crippen molar-refractivity contribution in [3.8, 4) is 0 Å². The Kier molecular flexibility index (Phi) is 8.46. The van der Waals surface area contributed by atoms with E-state index < -0.39 is 0 Å². The van der Waals surface area contributed by atoms with Crippen LogP contribution in [0.1, 0.15) is 45.1 Å². The molecule has 0 radical (unpaired) electrons. The van der Waals surface area contributed by atoms with Crippen LogP contribution in [0.4, 0.5) is 0 Å². The number of hydrogen-bond acceptors (Lipinski definition) is 5. The third kappa shape index (κ3) is 6.76. The summed E-state index contributed by atoms with van der Waals surface area (Å²) in [5.41, 5.74) is 8.70. The van der Waals surface area contributed by atoms with Gasteiger partial charge >= 0.3 is 0 Å². The maximum atomic E-state index is 12.2. The molecule has 2 aromatic carbocycles. The van der Waals surface area contributed by atoms with E-state index in [0.717, 1.165) is 38.0 Å². The quantitative estimate of drug-likeness (QED) is 0.412. The number of nitrogens with one attached hydrogen (secondary N) is 3. The molecule has 1 aliphatic rings. The molecule has 34 heavy (non-hydrogen) atoms. The van der Waals surface area contributed by atoms with Crippen LogP contribution in [0.2, 0.25) is 0 Å².